The topological polar surface area (TPSA) is 12.0 Å². The van der Waals surface area contributed by atoms with Gasteiger partial charge in [0.1, 0.15) is 0 Å². The van der Waals surface area contributed by atoms with Gasteiger partial charge >= 0.3 is 12.4 Å². The summed E-state index contributed by atoms with van der Waals surface area (Å²) in [6.07, 6.45) is -8.36. The van der Waals surface area contributed by atoms with Crippen molar-refractivity contribution in [2.24, 2.45) is 0 Å². The summed E-state index contributed by atoms with van der Waals surface area (Å²) < 4.78 is 76.1. The zero-order valence-electron chi connectivity index (χ0n) is 10.1. The fourth-order valence-corrected chi connectivity index (χ4v) is 2.23. The van der Waals surface area contributed by atoms with Gasteiger partial charge in [-0.2, -0.15) is 26.3 Å². The van der Waals surface area contributed by atoms with E-state index >= 15 is 0 Å². The van der Waals surface area contributed by atoms with Crippen molar-refractivity contribution in [3.8, 4) is 0 Å². The number of nitrogens with one attached hydrogen (secondary N) is 1. The van der Waals surface area contributed by atoms with Gasteiger partial charge in [0.05, 0.1) is 11.1 Å². The molecule has 114 valence electrons. The number of rotatable bonds is 1. The first-order valence-electron chi connectivity index (χ1n) is 5.71. The molecule has 1 aliphatic rings. The summed E-state index contributed by atoms with van der Waals surface area (Å²) in [5.74, 6) is 0. The molecule has 0 unspecified atom stereocenters. The van der Waals surface area contributed by atoms with Gasteiger partial charge in [-0.15, -0.1) is 12.4 Å². The second-order valence-electron chi connectivity index (χ2n) is 4.45. The standard InChI is InChI=1S/C12H11F6N.ClH/c13-11(14,15)7-3-4-8(10-2-1-5-19-10)9(6-7)12(16,17)18;/h3-4,6,10,19H,1-2,5H2;1H/t10-;/m0./s1. The molecular weight excluding hydrogens is 308 g/mol. The molecule has 0 aromatic heterocycles. The molecule has 0 bridgehead atoms. The summed E-state index contributed by atoms with van der Waals surface area (Å²) in [7, 11) is 0. The fourth-order valence-electron chi connectivity index (χ4n) is 2.23. The number of alkyl halides is 6. The molecule has 8 heteroatoms. The monoisotopic (exact) mass is 319 g/mol. The Labute approximate surface area is 117 Å². The minimum Gasteiger partial charge on any atom is -0.310 e. The largest absolute Gasteiger partial charge is 0.416 e. The van der Waals surface area contributed by atoms with Gasteiger partial charge < -0.3 is 5.32 Å². The maximum absolute atomic E-state index is 12.9. The fraction of sp³-hybridized carbons (Fsp3) is 0.500. The Balaban J connectivity index is 0.00000200. The predicted octanol–water partition coefficient (Wildman–Crippen LogP) is 4.57. The molecule has 1 nitrogen and oxygen atoms in total. The van der Waals surface area contributed by atoms with Crippen molar-refractivity contribution >= 4 is 12.4 Å². The number of hydrogen-bond donors (Lipinski definition) is 1. The molecule has 1 N–H and O–H groups in total. The van der Waals surface area contributed by atoms with Crippen LogP contribution in [0.4, 0.5) is 26.3 Å². The zero-order valence-corrected chi connectivity index (χ0v) is 10.9. The molecule has 1 saturated heterocycles. The highest BCUT2D eigenvalue weighted by Gasteiger charge is 2.39. The van der Waals surface area contributed by atoms with Crippen molar-refractivity contribution in [1.82, 2.24) is 5.32 Å². The van der Waals surface area contributed by atoms with Crippen LogP contribution in [0.1, 0.15) is 35.6 Å². The van der Waals surface area contributed by atoms with Crippen molar-refractivity contribution in [3.05, 3.63) is 34.9 Å². The van der Waals surface area contributed by atoms with E-state index in [4.69, 9.17) is 0 Å². The Morgan fingerprint density at radius 2 is 1.65 bits per heavy atom. The van der Waals surface area contributed by atoms with Crippen LogP contribution in [-0.2, 0) is 12.4 Å². The summed E-state index contributed by atoms with van der Waals surface area (Å²) in [6, 6.07) is 1.29. The minimum absolute atomic E-state index is 0. The SMILES string of the molecule is Cl.FC(F)(F)c1ccc([C@@H]2CCCN2)c(C(F)(F)F)c1. The summed E-state index contributed by atoms with van der Waals surface area (Å²) in [6.45, 7) is 0.572. The molecule has 1 heterocycles. The van der Waals surface area contributed by atoms with Crippen molar-refractivity contribution in [2.45, 2.75) is 31.2 Å². The lowest BCUT2D eigenvalue weighted by molar-refractivity contribution is -0.143. The first kappa shape index (κ1) is 17.1. The van der Waals surface area contributed by atoms with Crippen LogP contribution in [0.5, 0.6) is 0 Å². The van der Waals surface area contributed by atoms with E-state index in [1.807, 2.05) is 0 Å². The van der Waals surface area contributed by atoms with Gasteiger partial charge in [0.2, 0.25) is 0 Å². The zero-order chi connectivity index (χ0) is 14.3. The van der Waals surface area contributed by atoms with E-state index in [0.29, 0.717) is 25.5 Å². The highest BCUT2D eigenvalue weighted by molar-refractivity contribution is 5.85. The van der Waals surface area contributed by atoms with Gasteiger partial charge in [-0.05, 0) is 37.1 Å². The minimum atomic E-state index is -4.79. The van der Waals surface area contributed by atoms with Gasteiger partial charge in [0.15, 0.2) is 0 Å². The second kappa shape index (κ2) is 5.81. The van der Waals surface area contributed by atoms with Gasteiger partial charge in [-0.1, -0.05) is 6.07 Å². The van der Waals surface area contributed by atoms with Crippen LogP contribution >= 0.6 is 12.4 Å². The second-order valence-corrected chi connectivity index (χ2v) is 4.45. The predicted molar refractivity (Wildman–Crippen MR) is 63.7 cm³/mol. The van der Waals surface area contributed by atoms with Crippen LogP contribution < -0.4 is 5.32 Å². The maximum atomic E-state index is 12.9. The van der Waals surface area contributed by atoms with Gasteiger partial charge in [-0.25, -0.2) is 0 Å². The van der Waals surface area contributed by atoms with E-state index in [9.17, 15) is 26.3 Å². The molecule has 0 saturated carbocycles. The van der Waals surface area contributed by atoms with E-state index < -0.39 is 29.5 Å². The molecule has 0 amide bonds. The summed E-state index contributed by atoms with van der Waals surface area (Å²) in [5, 5.41) is 2.86. The van der Waals surface area contributed by atoms with Crippen LogP contribution in [0.2, 0.25) is 0 Å². The third-order valence-electron chi connectivity index (χ3n) is 3.12. The molecule has 1 atom stereocenters. The Bertz CT molecular complexity index is 462. The van der Waals surface area contributed by atoms with Gasteiger partial charge in [0.25, 0.3) is 0 Å². The van der Waals surface area contributed by atoms with E-state index in [2.05, 4.69) is 5.32 Å². The summed E-state index contributed by atoms with van der Waals surface area (Å²) in [4.78, 5) is 0. The van der Waals surface area contributed by atoms with Crippen LogP contribution in [-0.4, -0.2) is 6.54 Å². The Morgan fingerprint density at radius 1 is 1.00 bits per heavy atom. The van der Waals surface area contributed by atoms with Gasteiger partial charge in [-0.3, -0.25) is 0 Å². The van der Waals surface area contributed by atoms with E-state index in [1.165, 1.54) is 0 Å². The highest BCUT2D eigenvalue weighted by Crippen LogP contribution is 2.40. The molecule has 0 radical (unpaired) electrons. The normalized spacial score (nSPS) is 19.8. The highest BCUT2D eigenvalue weighted by atomic mass is 35.5. The van der Waals surface area contributed by atoms with Crippen molar-refractivity contribution in [3.63, 3.8) is 0 Å². The smallest absolute Gasteiger partial charge is 0.310 e. The third-order valence-corrected chi connectivity index (χ3v) is 3.12. The van der Waals surface area contributed by atoms with Crippen LogP contribution in [0.25, 0.3) is 0 Å². The molecule has 1 aromatic rings. The Morgan fingerprint density at radius 3 is 2.10 bits per heavy atom. The number of halogens is 7. The first-order valence-corrected chi connectivity index (χ1v) is 5.71. The quantitative estimate of drug-likeness (QED) is 0.748. The lowest BCUT2D eigenvalue weighted by atomic mass is 9.96. The molecule has 1 aromatic carbocycles. The molecular formula is C12H12ClF6N. The average Bonchev–Trinajstić information content (AvgIpc) is 2.79. The van der Waals surface area contributed by atoms with Crippen molar-refractivity contribution in [1.29, 1.82) is 0 Å². The van der Waals surface area contributed by atoms with E-state index in [0.717, 1.165) is 6.07 Å². The van der Waals surface area contributed by atoms with Crippen molar-refractivity contribution < 1.29 is 26.3 Å². The molecule has 0 aliphatic carbocycles. The van der Waals surface area contributed by atoms with Crippen LogP contribution in [0, 0.1) is 0 Å². The van der Waals surface area contributed by atoms with Crippen LogP contribution in [0.3, 0.4) is 0 Å². The van der Waals surface area contributed by atoms with Crippen LogP contribution in [0.15, 0.2) is 18.2 Å². The van der Waals surface area contributed by atoms with Crippen molar-refractivity contribution in [2.75, 3.05) is 6.54 Å². The van der Waals surface area contributed by atoms with Gasteiger partial charge in [0, 0.05) is 6.04 Å². The molecule has 0 spiro atoms. The number of hydrogen-bond acceptors (Lipinski definition) is 1. The lowest BCUT2D eigenvalue weighted by Gasteiger charge is -2.19. The summed E-state index contributed by atoms with van der Waals surface area (Å²) in [5.41, 5.74) is -2.60. The molecule has 20 heavy (non-hydrogen) atoms. The van der Waals surface area contributed by atoms with E-state index in [1.54, 1.807) is 0 Å². The molecule has 2 rings (SSSR count). The lowest BCUT2D eigenvalue weighted by Crippen LogP contribution is -2.20. The molecule has 1 fully saturated rings. The molecule has 1 aliphatic heterocycles. The Kier molecular flexibility index (Phi) is 4.97. The Hall–Kier alpha value is -0.950. The maximum Gasteiger partial charge on any atom is 0.416 e. The summed E-state index contributed by atoms with van der Waals surface area (Å²) >= 11 is 0. The van der Waals surface area contributed by atoms with E-state index in [-0.39, 0.29) is 24.0 Å². The third kappa shape index (κ3) is 3.58. The first-order chi connectivity index (χ1) is 8.69. The average molecular weight is 320 g/mol. The number of benzene rings is 1.